The number of hydrogen-bond acceptors (Lipinski definition) is 3. The molecule has 1 aliphatic rings. The third-order valence-electron chi connectivity index (χ3n) is 3.38. The quantitative estimate of drug-likeness (QED) is 0.572. The van der Waals surface area contributed by atoms with E-state index in [2.05, 4.69) is 11.8 Å². The first-order valence-corrected chi connectivity index (χ1v) is 6.00. The fourth-order valence-corrected chi connectivity index (χ4v) is 2.15. The molecule has 0 bridgehead atoms. The fraction of sp³-hybridized carbons (Fsp3) is 0.909. The molecule has 88 valence electrons. The van der Waals surface area contributed by atoms with Crippen LogP contribution in [0.2, 0.25) is 0 Å². The molecule has 0 unspecified atom stereocenters. The van der Waals surface area contributed by atoms with Gasteiger partial charge in [-0.1, -0.05) is 19.1 Å². The maximum absolute atomic E-state index is 5.76. The molecule has 0 amide bonds. The molecule has 3 nitrogen and oxygen atoms in total. The van der Waals surface area contributed by atoms with Crippen molar-refractivity contribution in [2.24, 2.45) is 11.1 Å². The van der Waals surface area contributed by atoms with E-state index in [1.807, 2.05) is 0 Å². The number of methoxy groups -OCH3 is 1. The molecule has 0 spiro atoms. The van der Waals surface area contributed by atoms with Gasteiger partial charge in [0.2, 0.25) is 0 Å². The monoisotopic (exact) mass is 230 g/mol. The van der Waals surface area contributed by atoms with Crippen LogP contribution in [0.25, 0.3) is 0 Å². The standard InChI is InChI=1S/C11H22N2OS/c1-11(10(12)15)4-7-13(8-5-11)6-3-9-14-2/h3-9H2,1-2H3,(H2,12,15). The Balaban J connectivity index is 2.26. The van der Waals surface area contributed by atoms with Gasteiger partial charge in [-0.15, -0.1) is 0 Å². The van der Waals surface area contributed by atoms with E-state index in [0.29, 0.717) is 4.99 Å². The minimum absolute atomic E-state index is 0.0904. The average molecular weight is 230 g/mol. The highest BCUT2D eigenvalue weighted by molar-refractivity contribution is 7.80. The van der Waals surface area contributed by atoms with E-state index in [1.54, 1.807) is 7.11 Å². The zero-order valence-corrected chi connectivity index (χ0v) is 10.6. The van der Waals surface area contributed by atoms with E-state index in [1.165, 1.54) is 0 Å². The molecular formula is C11H22N2OS. The van der Waals surface area contributed by atoms with E-state index in [9.17, 15) is 0 Å². The van der Waals surface area contributed by atoms with Gasteiger partial charge in [0.25, 0.3) is 0 Å². The number of rotatable bonds is 5. The highest BCUT2D eigenvalue weighted by Crippen LogP contribution is 2.30. The number of ether oxygens (including phenoxy) is 1. The van der Waals surface area contributed by atoms with Gasteiger partial charge < -0.3 is 15.4 Å². The Labute approximate surface area is 98.0 Å². The predicted octanol–water partition coefficient (Wildman–Crippen LogP) is 1.41. The number of thiocarbonyl (C=S) groups is 1. The Kier molecular flexibility index (Phi) is 4.96. The number of nitrogens with zero attached hydrogens (tertiary/aromatic N) is 1. The minimum Gasteiger partial charge on any atom is -0.393 e. The van der Waals surface area contributed by atoms with Crippen molar-refractivity contribution in [3.8, 4) is 0 Å². The molecule has 1 rings (SSSR count). The van der Waals surface area contributed by atoms with Crippen LogP contribution in [0.4, 0.5) is 0 Å². The lowest BCUT2D eigenvalue weighted by molar-refractivity contribution is 0.136. The lowest BCUT2D eigenvalue weighted by Crippen LogP contribution is -2.45. The topological polar surface area (TPSA) is 38.5 Å². The van der Waals surface area contributed by atoms with Gasteiger partial charge >= 0.3 is 0 Å². The van der Waals surface area contributed by atoms with Gasteiger partial charge in [0, 0.05) is 25.7 Å². The summed E-state index contributed by atoms with van der Waals surface area (Å²) >= 11 is 5.11. The SMILES string of the molecule is COCCCN1CCC(C)(C(N)=S)CC1. The Bertz CT molecular complexity index is 213. The largest absolute Gasteiger partial charge is 0.393 e. The van der Waals surface area contributed by atoms with Crippen LogP contribution < -0.4 is 5.73 Å². The lowest BCUT2D eigenvalue weighted by Gasteiger charge is -2.38. The zero-order chi connectivity index (χ0) is 11.3. The maximum atomic E-state index is 5.76. The van der Waals surface area contributed by atoms with E-state index < -0.39 is 0 Å². The first-order valence-electron chi connectivity index (χ1n) is 5.60. The van der Waals surface area contributed by atoms with Gasteiger partial charge in [-0.25, -0.2) is 0 Å². The van der Waals surface area contributed by atoms with Crippen LogP contribution in [0.15, 0.2) is 0 Å². The van der Waals surface area contributed by atoms with Gasteiger partial charge in [-0.2, -0.15) is 0 Å². The van der Waals surface area contributed by atoms with Crippen LogP contribution in [0, 0.1) is 5.41 Å². The van der Waals surface area contributed by atoms with Crippen molar-refractivity contribution in [2.45, 2.75) is 26.2 Å². The smallest absolute Gasteiger partial charge is 0.0788 e. The van der Waals surface area contributed by atoms with Crippen LogP contribution in [-0.2, 0) is 4.74 Å². The second kappa shape index (κ2) is 5.77. The summed E-state index contributed by atoms with van der Waals surface area (Å²) in [7, 11) is 1.75. The summed E-state index contributed by atoms with van der Waals surface area (Å²) < 4.78 is 5.04. The maximum Gasteiger partial charge on any atom is 0.0788 e. The van der Waals surface area contributed by atoms with Gasteiger partial charge in [0.15, 0.2) is 0 Å². The molecule has 4 heteroatoms. The molecule has 15 heavy (non-hydrogen) atoms. The van der Waals surface area contributed by atoms with Gasteiger partial charge in [0.05, 0.1) is 4.99 Å². The van der Waals surface area contributed by atoms with Crippen molar-refractivity contribution in [1.29, 1.82) is 0 Å². The number of piperidine rings is 1. The van der Waals surface area contributed by atoms with Crippen LogP contribution in [0.1, 0.15) is 26.2 Å². The predicted molar refractivity (Wildman–Crippen MR) is 67.1 cm³/mol. The van der Waals surface area contributed by atoms with Gasteiger partial charge in [-0.05, 0) is 32.4 Å². The highest BCUT2D eigenvalue weighted by Gasteiger charge is 2.32. The second-order valence-corrected chi connectivity index (χ2v) is 5.05. The first kappa shape index (κ1) is 12.9. The van der Waals surface area contributed by atoms with E-state index >= 15 is 0 Å². The summed E-state index contributed by atoms with van der Waals surface area (Å²) in [6.07, 6.45) is 3.30. The lowest BCUT2D eigenvalue weighted by atomic mass is 9.80. The Morgan fingerprint density at radius 2 is 2.07 bits per heavy atom. The van der Waals surface area contributed by atoms with Crippen molar-refractivity contribution in [3.05, 3.63) is 0 Å². The molecule has 0 aliphatic carbocycles. The second-order valence-electron chi connectivity index (χ2n) is 4.61. The summed E-state index contributed by atoms with van der Waals surface area (Å²) in [5, 5.41) is 0. The molecule has 0 aromatic heterocycles. The van der Waals surface area contributed by atoms with Gasteiger partial charge in [-0.3, -0.25) is 0 Å². The first-order chi connectivity index (χ1) is 7.08. The summed E-state index contributed by atoms with van der Waals surface area (Å²) in [4.78, 5) is 3.15. The van der Waals surface area contributed by atoms with E-state index in [-0.39, 0.29) is 5.41 Å². The van der Waals surface area contributed by atoms with Crippen LogP contribution in [0.3, 0.4) is 0 Å². The summed E-state index contributed by atoms with van der Waals surface area (Å²) in [6, 6.07) is 0. The molecule has 1 saturated heterocycles. The molecule has 1 aliphatic heterocycles. The zero-order valence-electron chi connectivity index (χ0n) is 9.79. The Morgan fingerprint density at radius 3 is 2.53 bits per heavy atom. The van der Waals surface area contributed by atoms with Crippen molar-refractivity contribution < 1.29 is 4.74 Å². The summed E-state index contributed by atoms with van der Waals surface area (Å²) in [5.74, 6) is 0. The average Bonchev–Trinajstić information content (AvgIpc) is 2.21. The molecular weight excluding hydrogens is 208 g/mol. The summed E-state index contributed by atoms with van der Waals surface area (Å²) in [6.45, 7) is 6.38. The molecule has 0 aromatic rings. The molecule has 2 N–H and O–H groups in total. The number of likely N-dealkylation sites (tertiary alicyclic amines) is 1. The Hall–Kier alpha value is -0.190. The molecule has 0 saturated carbocycles. The molecule has 1 heterocycles. The fourth-order valence-electron chi connectivity index (χ4n) is 1.95. The van der Waals surface area contributed by atoms with Crippen LogP contribution in [0.5, 0.6) is 0 Å². The van der Waals surface area contributed by atoms with Crippen molar-refractivity contribution in [1.82, 2.24) is 4.90 Å². The van der Waals surface area contributed by atoms with Crippen molar-refractivity contribution >= 4 is 17.2 Å². The third-order valence-corrected chi connectivity index (χ3v) is 3.87. The molecule has 0 atom stereocenters. The van der Waals surface area contributed by atoms with E-state index in [4.69, 9.17) is 22.7 Å². The highest BCUT2D eigenvalue weighted by atomic mass is 32.1. The molecule has 1 fully saturated rings. The van der Waals surface area contributed by atoms with Crippen molar-refractivity contribution in [2.75, 3.05) is 33.4 Å². The normalized spacial score (nSPS) is 21.5. The summed E-state index contributed by atoms with van der Waals surface area (Å²) in [5.41, 5.74) is 5.85. The number of nitrogens with two attached hydrogens (primary N) is 1. The third kappa shape index (κ3) is 3.70. The molecule has 0 aromatic carbocycles. The molecule has 0 radical (unpaired) electrons. The van der Waals surface area contributed by atoms with Crippen LogP contribution in [-0.4, -0.2) is 43.2 Å². The Morgan fingerprint density at radius 1 is 1.47 bits per heavy atom. The van der Waals surface area contributed by atoms with E-state index in [0.717, 1.165) is 45.5 Å². The minimum atomic E-state index is 0.0904. The van der Waals surface area contributed by atoms with Crippen molar-refractivity contribution in [3.63, 3.8) is 0 Å². The van der Waals surface area contributed by atoms with Crippen LogP contribution >= 0.6 is 12.2 Å². The van der Waals surface area contributed by atoms with Gasteiger partial charge in [0.1, 0.15) is 0 Å². The number of hydrogen-bond donors (Lipinski definition) is 1.